The van der Waals surface area contributed by atoms with Crippen molar-refractivity contribution >= 4 is 34.7 Å². The van der Waals surface area contributed by atoms with Crippen LogP contribution in [0.15, 0.2) is 11.4 Å². The second-order valence-electron chi connectivity index (χ2n) is 3.97. The highest BCUT2D eigenvalue weighted by molar-refractivity contribution is 7.12. The Kier molecular flexibility index (Phi) is 2.35. The van der Waals surface area contributed by atoms with E-state index in [0.29, 0.717) is 16.3 Å². The number of carbonyl (C=O) groups excluding carboxylic acids is 1. The molecule has 0 saturated heterocycles. The Morgan fingerprint density at radius 2 is 2.33 bits per heavy atom. The quantitative estimate of drug-likeness (QED) is 0.832. The molecule has 1 aliphatic rings. The summed E-state index contributed by atoms with van der Waals surface area (Å²) in [6.07, 6.45) is 0.427. The SMILES string of the molecule is CC1(C(=O)O)CC1C(=O)c1cc(Cl)cs1. The average Bonchev–Trinajstić information content (AvgIpc) is 2.67. The fourth-order valence-corrected chi connectivity index (χ4v) is 2.67. The van der Waals surface area contributed by atoms with E-state index in [1.54, 1.807) is 18.4 Å². The lowest BCUT2D eigenvalue weighted by Crippen LogP contribution is -2.16. The van der Waals surface area contributed by atoms with Crippen LogP contribution < -0.4 is 0 Å². The van der Waals surface area contributed by atoms with Gasteiger partial charge in [0, 0.05) is 11.3 Å². The predicted molar refractivity (Wildman–Crippen MR) is 57.5 cm³/mol. The summed E-state index contributed by atoms with van der Waals surface area (Å²) in [6, 6.07) is 1.59. The predicted octanol–water partition coefficient (Wildman–Crippen LogP) is 2.70. The number of carboxylic acid groups (broad SMARTS) is 1. The van der Waals surface area contributed by atoms with Gasteiger partial charge in [-0.3, -0.25) is 9.59 Å². The van der Waals surface area contributed by atoms with Crippen molar-refractivity contribution < 1.29 is 14.7 Å². The number of carboxylic acids is 1. The van der Waals surface area contributed by atoms with Crippen LogP contribution in [-0.2, 0) is 4.79 Å². The summed E-state index contributed by atoms with van der Waals surface area (Å²) in [6.45, 7) is 1.60. The molecule has 1 fully saturated rings. The van der Waals surface area contributed by atoms with Crippen molar-refractivity contribution in [2.75, 3.05) is 0 Å². The summed E-state index contributed by atoms with van der Waals surface area (Å²) in [5.41, 5.74) is -0.868. The van der Waals surface area contributed by atoms with Crippen molar-refractivity contribution in [2.24, 2.45) is 11.3 Å². The zero-order valence-electron chi connectivity index (χ0n) is 7.99. The van der Waals surface area contributed by atoms with Crippen molar-refractivity contribution in [1.82, 2.24) is 0 Å². The van der Waals surface area contributed by atoms with Crippen LogP contribution in [0.4, 0.5) is 0 Å². The van der Waals surface area contributed by atoms with Gasteiger partial charge >= 0.3 is 5.97 Å². The molecule has 1 aromatic rings. The third kappa shape index (κ3) is 1.68. The Morgan fingerprint density at radius 1 is 1.67 bits per heavy atom. The molecule has 2 atom stereocenters. The molecule has 0 aliphatic heterocycles. The summed E-state index contributed by atoms with van der Waals surface area (Å²) < 4.78 is 0. The number of ketones is 1. The van der Waals surface area contributed by atoms with Gasteiger partial charge in [0.1, 0.15) is 0 Å². The summed E-state index contributed by atoms with van der Waals surface area (Å²) in [5.74, 6) is -1.38. The molecule has 1 heterocycles. The van der Waals surface area contributed by atoms with Crippen LogP contribution in [-0.4, -0.2) is 16.9 Å². The lowest BCUT2D eigenvalue weighted by Gasteiger charge is -2.02. The van der Waals surface area contributed by atoms with Gasteiger partial charge < -0.3 is 5.11 Å². The Hall–Kier alpha value is -0.870. The van der Waals surface area contributed by atoms with Crippen molar-refractivity contribution in [3.05, 3.63) is 21.3 Å². The molecule has 1 N–H and O–H groups in total. The van der Waals surface area contributed by atoms with Gasteiger partial charge in [-0.05, 0) is 19.4 Å². The van der Waals surface area contributed by atoms with Crippen LogP contribution >= 0.6 is 22.9 Å². The van der Waals surface area contributed by atoms with E-state index in [4.69, 9.17) is 16.7 Å². The Bertz CT molecular complexity index is 440. The van der Waals surface area contributed by atoms with Crippen molar-refractivity contribution in [2.45, 2.75) is 13.3 Å². The van der Waals surface area contributed by atoms with Gasteiger partial charge in [-0.2, -0.15) is 0 Å². The number of hydrogen-bond donors (Lipinski definition) is 1. The second kappa shape index (κ2) is 3.32. The molecule has 2 rings (SSSR count). The lowest BCUT2D eigenvalue weighted by molar-refractivity contribution is -0.143. The number of rotatable bonds is 3. The van der Waals surface area contributed by atoms with Crippen LogP contribution in [0.5, 0.6) is 0 Å². The van der Waals surface area contributed by atoms with E-state index in [0.717, 1.165) is 0 Å². The number of carbonyl (C=O) groups is 2. The van der Waals surface area contributed by atoms with E-state index >= 15 is 0 Å². The fourth-order valence-electron chi connectivity index (χ4n) is 1.60. The minimum absolute atomic E-state index is 0.100. The van der Waals surface area contributed by atoms with E-state index < -0.39 is 11.4 Å². The van der Waals surface area contributed by atoms with Gasteiger partial charge in [-0.1, -0.05) is 11.6 Å². The van der Waals surface area contributed by atoms with Crippen molar-refractivity contribution in [1.29, 1.82) is 0 Å². The minimum Gasteiger partial charge on any atom is -0.481 e. The third-order valence-corrected chi connectivity index (χ3v) is 4.14. The standard InChI is InChI=1S/C10H9ClO3S/c1-10(9(13)14)3-6(10)8(12)7-2-5(11)4-15-7/h2,4,6H,3H2,1H3,(H,13,14). The number of thiophene rings is 1. The first kappa shape index (κ1) is 10.6. The first-order valence-corrected chi connectivity index (χ1v) is 5.72. The largest absolute Gasteiger partial charge is 0.481 e. The van der Waals surface area contributed by atoms with E-state index in [-0.39, 0.29) is 11.7 Å². The lowest BCUT2D eigenvalue weighted by atomic mass is 10.0. The molecule has 15 heavy (non-hydrogen) atoms. The molecule has 5 heteroatoms. The van der Waals surface area contributed by atoms with E-state index in [1.165, 1.54) is 11.3 Å². The van der Waals surface area contributed by atoms with Gasteiger partial charge in [-0.25, -0.2) is 0 Å². The number of Topliss-reactive ketones (excluding diaryl/α,β-unsaturated/α-hetero) is 1. The smallest absolute Gasteiger partial charge is 0.310 e. The van der Waals surface area contributed by atoms with Crippen LogP contribution in [0.1, 0.15) is 23.0 Å². The van der Waals surface area contributed by atoms with Crippen LogP contribution in [0.2, 0.25) is 5.02 Å². The van der Waals surface area contributed by atoms with Crippen molar-refractivity contribution in [3.63, 3.8) is 0 Å². The van der Waals surface area contributed by atoms with Crippen LogP contribution in [0, 0.1) is 11.3 Å². The number of aliphatic carboxylic acids is 1. The maximum atomic E-state index is 11.8. The van der Waals surface area contributed by atoms with E-state index in [2.05, 4.69) is 0 Å². The highest BCUT2D eigenvalue weighted by atomic mass is 35.5. The number of hydrogen-bond acceptors (Lipinski definition) is 3. The molecule has 0 aromatic carbocycles. The molecule has 0 amide bonds. The van der Waals surface area contributed by atoms with Gasteiger partial charge in [-0.15, -0.1) is 11.3 Å². The fraction of sp³-hybridized carbons (Fsp3) is 0.400. The molecule has 0 radical (unpaired) electrons. The van der Waals surface area contributed by atoms with Crippen LogP contribution in [0.3, 0.4) is 0 Å². The highest BCUT2D eigenvalue weighted by Gasteiger charge is 2.60. The first-order valence-electron chi connectivity index (χ1n) is 4.47. The Morgan fingerprint density at radius 3 is 2.73 bits per heavy atom. The molecular formula is C10H9ClO3S. The molecule has 0 spiro atoms. The molecule has 1 saturated carbocycles. The molecule has 80 valence electrons. The molecule has 1 aliphatic carbocycles. The molecule has 0 bridgehead atoms. The molecule has 1 aromatic heterocycles. The second-order valence-corrected chi connectivity index (χ2v) is 5.32. The topological polar surface area (TPSA) is 54.4 Å². The Labute approximate surface area is 95.7 Å². The number of halogens is 1. The minimum atomic E-state index is -0.900. The van der Waals surface area contributed by atoms with E-state index in [1.807, 2.05) is 0 Å². The zero-order chi connectivity index (χ0) is 11.2. The Balaban J connectivity index is 2.16. The average molecular weight is 245 g/mol. The monoisotopic (exact) mass is 244 g/mol. The molecule has 2 unspecified atom stereocenters. The normalized spacial score (nSPS) is 28.8. The highest BCUT2D eigenvalue weighted by Crippen LogP contribution is 2.54. The first-order chi connectivity index (χ1) is 6.95. The summed E-state index contributed by atoms with van der Waals surface area (Å²) in [7, 11) is 0. The van der Waals surface area contributed by atoms with Gasteiger partial charge in [0.05, 0.1) is 15.3 Å². The van der Waals surface area contributed by atoms with Crippen LogP contribution in [0.25, 0.3) is 0 Å². The van der Waals surface area contributed by atoms with Gasteiger partial charge in [0.15, 0.2) is 5.78 Å². The molecular weight excluding hydrogens is 236 g/mol. The van der Waals surface area contributed by atoms with Gasteiger partial charge in [0.25, 0.3) is 0 Å². The van der Waals surface area contributed by atoms with Gasteiger partial charge in [0.2, 0.25) is 0 Å². The summed E-state index contributed by atoms with van der Waals surface area (Å²) in [4.78, 5) is 23.2. The van der Waals surface area contributed by atoms with Crippen molar-refractivity contribution in [3.8, 4) is 0 Å². The molecule has 3 nitrogen and oxygen atoms in total. The maximum absolute atomic E-state index is 11.8. The van der Waals surface area contributed by atoms with E-state index in [9.17, 15) is 9.59 Å². The summed E-state index contributed by atoms with van der Waals surface area (Å²) in [5, 5.41) is 11.1. The summed E-state index contributed by atoms with van der Waals surface area (Å²) >= 11 is 6.97. The maximum Gasteiger partial charge on any atom is 0.310 e. The zero-order valence-corrected chi connectivity index (χ0v) is 9.56. The third-order valence-electron chi connectivity index (χ3n) is 2.85.